The molecule has 0 saturated carbocycles. The Labute approximate surface area is 121 Å². The molecule has 1 fully saturated rings. The van der Waals surface area contributed by atoms with Crippen molar-refractivity contribution in [3.05, 3.63) is 0 Å². The van der Waals surface area contributed by atoms with E-state index >= 15 is 0 Å². The number of nitrogens with zero attached hydrogens (tertiary/aromatic N) is 1. The van der Waals surface area contributed by atoms with Crippen molar-refractivity contribution in [2.75, 3.05) is 20.2 Å². The lowest BCUT2D eigenvalue weighted by molar-refractivity contribution is -0.140. The Morgan fingerprint density at radius 1 is 1.20 bits per heavy atom. The fourth-order valence-electron chi connectivity index (χ4n) is 2.37. The van der Waals surface area contributed by atoms with Crippen LogP contribution >= 0.6 is 0 Å². The first-order valence-corrected chi connectivity index (χ1v) is 7.36. The summed E-state index contributed by atoms with van der Waals surface area (Å²) < 4.78 is 9.99. The molecule has 0 unspecified atom stereocenters. The minimum absolute atomic E-state index is 0.142. The molecule has 0 radical (unpaired) electrons. The molecule has 0 bridgehead atoms. The molecule has 0 aromatic rings. The Morgan fingerprint density at radius 2 is 1.80 bits per heavy atom. The Bertz CT molecular complexity index is 327. The van der Waals surface area contributed by atoms with Crippen LogP contribution in [0, 0.1) is 5.92 Å². The van der Waals surface area contributed by atoms with Gasteiger partial charge >= 0.3 is 12.1 Å². The lowest BCUT2D eigenvalue weighted by Gasteiger charge is -2.33. The average Bonchev–Trinajstić information content (AvgIpc) is 2.37. The van der Waals surface area contributed by atoms with Crippen molar-refractivity contribution in [2.24, 2.45) is 5.92 Å². The lowest BCUT2D eigenvalue weighted by Crippen LogP contribution is -2.41. The third kappa shape index (κ3) is 6.26. The van der Waals surface area contributed by atoms with Crippen LogP contribution in [-0.4, -0.2) is 42.8 Å². The van der Waals surface area contributed by atoms with Crippen LogP contribution in [-0.2, 0) is 14.3 Å². The van der Waals surface area contributed by atoms with E-state index in [0.717, 1.165) is 38.8 Å². The van der Waals surface area contributed by atoms with E-state index < -0.39 is 5.60 Å². The molecule has 5 heteroatoms. The van der Waals surface area contributed by atoms with Gasteiger partial charge < -0.3 is 14.4 Å². The summed E-state index contributed by atoms with van der Waals surface area (Å²) >= 11 is 0. The van der Waals surface area contributed by atoms with Crippen molar-refractivity contribution in [1.29, 1.82) is 0 Å². The topological polar surface area (TPSA) is 55.8 Å². The molecule has 1 aliphatic rings. The fourth-order valence-corrected chi connectivity index (χ4v) is 2.37. The quantitative estimate of drug-likeness (QED) is 0.745. The summed E-state index contributed by atoms with van der Waals surface area (Å²) in [5, 5.41) is 0. The number of carbonyl (C=O) groups excluding carboxylic acids is 2. The SMILES string of the molecule is COC(=O)CCCC1CCN(C(=O)OC(C)(C)C)CC1. The monoisotopic (exact) mass is 285 g/mol. The number of esters is 1. The largest absolute Gasteiger partial charge is 0.469 e. The van der Waals surface area contributed by atoms with Crippen LogP contribution in [0.1, 0.15) is 52.9 Å². The summed E-state index contributed by atoms with van der Waals surface area (Å²) in [5.41, 5.74) is -0.436. The number of rotatable bonds is 4. The van der Waals surface area contributed by atoms with Gasteiger partial charge in [-0.05, 0) is 52.4 Å². The van der Waals surface area contributed by atoms with Crippen molar-refractivity contribution in [2.45, 2.75) is 58.5 Å². The molecule has 1 heterocycles. The molecular weight excluding hydrogens is 258 g/mol. The molecule has 20 heavy (non-hydrogen) atoms. The zero-order chi connectivity index (χ0) is 15.2. The molecule has 5 nitrogen and oxygen atoms in total. The van der Waals surface area contributed by atoms with Gasteiger partial charge in [0.05, 0.1) is 7.11 Å². The van der Waals surface area contributed by atoms with Crippen LogP contribution in [0.3, 0.4) is 0 Å². The minimum atomic E-state index is -0.436. The van der Waals surface area contributed by atoms with E-state index in [9.17, 15) is 9.59 Å². The van der Waals surface area contributed by atoms with E-state index in [0.29, 0.717) is 12.3 Å². The van der Waals surface area contributed by atoms with E-state index in [4.69, 9.17) is 4.74 Å². The molecule has 0 aromatic heterocycles. The number of piperidine rings is 1. The first-order chi connectivity index (χ1) is 9.31. The maximum Gasteiger partial charge on any atom is 0.410 e. The normalized spacial score (nSPS) is 16.9. The Kier molecular flexibility index (Phi) is 6.30. The van der Waals surface area contributed by atoms with Gasteiger partial charge in [0.25, 0.3) is 0 Å². The van der Waals surface area contributed by atoms with Gasteiger partial charge in [-0.1, -0.05) is 0 Å². The van der Waals surface area contributed by atoms with Crippen LogP contribution in [0.5, 0.6) is 0 Å². The molecule has 0 spiro atoms. The standard InChI is InChI=1S/C15H27NO4/c1-15(2,3)20-14(18)16-10-8-12(9-11-16)6-5-7-13(17)19-4/h12H,5-11H2,1-4H3. The second-order valence-corrected chi connectivity index (χ2v) is 6.38. The third-order valence-electron chi connectivity index (χ3n) is 3.49. The maximum absolute atomic E-state index is 11.9. The van der Waals surface area contributed by atoms with Crippen LogP contribution in [0.15, 0.2) is 0 Å². The number of ether oxygens (including phenoxy) is 2. The number of hydrogen-bond acceptors (Lipinski definition) is 4. The van der Waals surface area contributed by atoms with Gasteiger partial charge in [0.2, 0.25) is 0 Å². The molecule has 1 rings (SSSR count). The van der Waals surface area contributed by atoms with Gasteiger partial charge in [-0.2, -0.15) is 0 Å². The minimum Gasteiger partial charge on any atom is -0.469 e. The number of methoxy groups -OCH3 is 1. The summed E-state index contributed by atoms with van der Waals surface area (Å²) in [6.45, 7) is 7.13. The highest BCUT2D eigenvalue weighted by molar-refractivity contribution is 5.69. The summed E-state index contributed by atoms with van der Waals surface area (Å²) in [6, 6.07) is 0. The first-order valence-electron chi connectivity index (χ1n) is 7.36. The number of hydrogen-bond donors (Lipinski definition) is 0. The van der Waals surface area contributed by atoms with E-state index in [1.54, 1.807) is 4.90 Å². The highest BCUT2D eigenvalue weighted by Crippen LogP contribution is 2.23. The number of amides is 1. The zero-order valence-corrected chi connectivity index (χ0v) is 13.1. The average molecular weight is 285 g/mol. The predicted molar refractivity (Wildman–Crippen MR) is 76.4 cm³/mol. The van der Waals surface area contributed by atoms with Gasteiger partial charge in [-0.3, -0.25) is 4.79 Å². The maximum atomic E-state index is 11.9. The highest BCUT2D eigenvalue weighted by Gasteiger charge is 2.26. The molecule has 0 aliphatic carbocycles. The molecule has 1 aliphatic heterocycles. The number of carbonyl (C=O) groups is 2. The van der Waals surface area contributed by atoms with Crippen molar-refractivity contribution in [3.63, 3.8) is 0 Å². The Balaban J connectivity index is 2.23. The van der Waals surface area contributed by atoms with Gasteiger partial charge in [-0.25, -0.2) is 4.79 Å². The van der Waals surface area contributed by atoms with E-state index in [1.807, 2.05) is 20.8 Å². The Hall–Kier alpha value is -1.26. The molecule has 0 aromatic carbocycles. The van der Waals surface area contributed by atoms with Gasteiger partial charge in [0.15, 0.2) is 0 Å². The van der Waals surface area contributed by atoms with Gasteiger partial charge in [0.1, 0.15) is 5.60 Å². The van der Waals surface area contributed by atoms with Crippen molar-refractivity contribution >= 4 is 12.1 Å². The lowest BCUT2D eigenvalue weighted by atomic mass is 9.92. The summed E-state index contributed by atoms with van der Waals surface area (Å²) in [5.74, 6) is 0.453. The molecular formula is C15H27NO4. The third-order valence-corrected chi connectivity index (χ3v) is 3.49. The van der Waals surface area contributed by atoms with Gasteiger partial charge in [0, 0.05) is 19.5 Å². The first kappa shape index (κ1) is 16.8. The Morgan fingerprint density at radius 3 is 2.30 bits per heavy atom. The predicted octanol–water partition coefficient (Wildman–Crippen LogP) is 2.98. The highest BCUT2D eigenvalue weighted by atomic mass is 16.6. The number of likely N-dealkylation sites (tertiary alicyclic amines) is 1. The summed E-state index contributed by atoms with van der Waals surface area (Å²) in [4.78, 5) is 24.7. The smallest absolute Gasteiger partial charge is 0.410 e. The molecule has 0 atom stereocenters. The van der Waals surface area contributed by atoms with Gasteiger partial charge in [-0.15, -0.1) is 0 Å². The molecule has 0 N–H and O–H groups in total. The molecule has 1 amide bonds. The summed E-state index contributed by atoms with van der Waals surface area (Å²) in [6.07, 6.45) is 4.13. The van der Waals surface area contributed by atoms with Crippen molar-refractivity contribution in [3.8, 4) is 0 Å². The van der Waals surface area contributed by atoms with Crippen molar-refractivity contribution in [1.82, 2.24) is 4.90 Å². The van der Waals surface area contributed by atoms with E-state index in [-0.39, 0.29) is 12.1 Å². The van der Waals surface area contributed by atoms with Crippen molar-refractivity contribution < 1.29 is 19.1 Å². The van der Waals surface area contributed by atoms with Crippen LogP contribution in [0.4, 0.5) is 4.79 Å². The second kappa shape index (κ2) is 7.50. The fraction of sp³-hybridized carbons (Fsp3) is 0.867. The van der Waals surface area contributed by atoms with Crippen LogP contribution in [0.25, 0.3) is 0 Å². The summed E-state index contributed by atoms with van der Waals surface area (Å²) in [7, 11) is 1.42. The van der Waals surface area contributed by atoms with E-state index in [1.165, 1.54) is 7.11 Å². The zero-order valence-electron chi connectivity index (χ0n) is 13.1. The molecule has 1 saturated heterocycles. The van der Waals surface area contributed by atoms with Crippen LogP contribution < -0.4 is 0 Å². The second-order valence-electron chi connectivity index (χ2n) is 6.38. The van der Waals surface area contributed by atoms with E-state index in [2.05, 4.69) is 4.74 Å². The van der Waals surface area contributed by atoms with Crippen LogP contribution in [0.2, 0.25) is 0 Å². The molecule has 116 valence electrons.